The molecule has 3 nitrogen and oxygen atoms in total. The number of anilines is 3. The van der Waals surface area contributed by atoms with Gasteiger partial charge in [-0.3, -0.25) is 0 Å². The van der Waals surface area contributed by atoms with E-state index in [0.29, 0.717) is 0 Å². The van der Waals surface area contributed by atoms with Gasteiger partial charge in [-0.1, -0.05) is 146 Å². The van der Waals surface area contributed by atoms with Gasteiger partial charge in [0.2, 0.25) is 0 Å². The van der Waals surface area contributed by atoms with E-state index in [1.165, 1.54) is 22.3 Å². The van der Waals surface area contributed by atoms with Crippen molar-refractivity contribution in [3.05, 3.63) is 217 Å². The van der Waals surface area contributed by atoms with E-state index in [1.807, 2.05) is 6.07 Å². The molecule has 1 aromatic heterocycles. The first-order valence-electron chi connectivity index (χ1n) is 18.8. The fourth-order valence-electron chi connectivity index (χ4n) is 7.92. The van der Waals surface area contributed by atoms with Crippen LogP contribution in [0.4, 0.5) is 17.1 Å². The summed E-state index contributed by atoms with van der Waals surface area (Å²) in [5.74, 6) is 0.888. The Hall–Kier alpha value is -7.10. The fraction of sp³-hybridized carbons (Fsp3) is 0.0385. The molecular formula is C52H37NO2. The van der Waals surface area contributed by atoms with Crippen molar-refractivity contribution in [2.75, 3.05) is 4.90 Å². The number of hydrogen-bond acceptors (Lipinski definition) is 3. The Labute approximate surface area is 321 Å². The van der Waals surface area contributed by atoms with Gasteiger partial charge in [0.05, 0.1) is 5.39 Å². The highest BCUT2D eigenvalue weighted by molar-refractivity contribution is 6.10. The largest absolute Gasteiger partial charge is 0.480 e. The van der Waals surface area contributed by atoms with E-state index >= 15 is 0 Å². The monoisotopic (exact) mass is 707 g/mol. The van der Waals surface area contributed by atoms with Gasteiger partial charge in [-0.05, 0) is 105 Å². The lowest BCUT2D eigenvalue weighted by Crippen LogP contribution is -2.17. The van der Waals surface area contributed by atoms with Crippen LogP contribution in [-0.2, 0) is 6.42 Å². The Kier molecular flexibility index (Phi) is 8.11. The minimum absolute atomic E-state index is 0.199. The number of nitrogens with zero attached hydrogens (tertiary/aromatic N) is 1. The van der Waals surface area contributed by atoms with Gasteiger partial charge in [0.1, 0.15) is 23.0 Å². The molecule has 0 bridgehead atoms. The molecule has 0 N–H and O–H groups in total. The van der Waals surface area contributed by atoms with Gasteiger partial charge in [0.15, 0.2) is 0 Å². The van der Waals surface area contributed by atoms with Crippen LogP contribution in [0.1, 0.15) is 17.2 Å². The Bertz CT molecular complexity index is 2790. The average molecular weight is 708 g/mol. The van der Waals surface area contributed by atoms with Gasteiger partial charge in [-0.2, -0.15) is 0 Å². The minimum atomic E-state index is -0.199. The Morgan fingerprint density at radius 2 is 0.927 bits per heavy atom. The molecule has 0 fully saturated rings. The predicted octanol–water partition coefficient (Wildman–Crippen LogP) is 14.3. The van der Waals surface area contributed by atoms with E-state index in [1.54, 1.807) is 0 Å². The van der Waals surface area contributed by atoms with Crippen molar-refractivity contribution in [2.24, 2.45) is 0 Å². The maximum Gasteiger partial charge on any atom is 0.145 e. The highest BCUT2D eigenvalue weighted by Gasteiger charge is 2.28. The first-order valence-corrected chi connectivity index (χ1v) is 18.8. The Morgan fingerprint density at radius 3 is 1.55 bits per heavy atom. The third kappa shape index (κ3) is 6.06. The zero-order chi connectivity index (χ0) is 36.7. The van der Waals surface area contributed by atoms with Gasteiger partial charge in [-0.15, -0.1) is 0 Å². The third-order valence-electron chi connectivity index (χ3n) is 10.7. The van der Waals surface area contributed by atoms with E-state index < -0.39 is 0 Å². The second-order valence-corrected chi connectivity index (χ2v) is 14.2. The summed E-state index contributed by atoms with van der Waals surface area (Å²) in [5, 5.41) is 2.07. The van der Waals surface area contributed by atoms with Gasteiger partial charge in [0, 0.05) is 28.9 Å². The Balaban J connectivity index is 0.968. The second-order valence-electron chi connectivity index (χ2n) is 14.2. The summed E-state index contributed by atoms with van der Waals surface area (Å²) in [7, 11) is 0. The zero-order valence-electron chi connectivity index (χ0n) is 30.2. The van der Waals surface area contributed by atoms with Crippen LogP contribution in [0, 0.1) is 0 Å². The molecule has 0 spiro atoms. The van der Waals surface area contributed by atoms with Crippen molar-refractivity contribution in [1.82, 2.24) is 0 Å². The van der Waals surface area contributed by atoms with Crippen LogP contribution in [0.3, 0.4) is 0 Å². The number of para-hydroxylation sites is 1. The normalized spacial score (nSPS) is 13.7. The molecular weight excluding hydrogens is 671 g/mol. The highest BCUT2D eigenvalue weighted by atomic mass is 16.5. The summed E-state index contributed by atoms with van der Waals surface area (Å²) in [4.78, 5) is 2.31. The number of hydrogen-bond donors (Lipinski definition) is 0. The van der Waals surface area contributed by atoms with Crippen LogP contribution >= 0.6 is 0 Å². The van der Waals surface area contributed by atoms with Crippen molar-refractivity contribution in [2.45, 2.75) is 12.5 Å². The van der Waals surface area contributed by atoms with Crippen molar-refractivity contribution in [3.8, 4) is 39.1 Å². The lowest BCUT2D eigenvalue weighted by molar-refractivity contribution is 0.229. The topological polar surface area (TPSA) is 25.6 Å². The molecule has 8 aromatic carbocycles. The summed E-state index contributed by atoms with van der Waals surface area (Å²) in [6, 6.07) is 68.5. The lowest BCUT2D eigenvalue weighted by Gasteiger charge is -2.29. The minimum Gasteiger partial charge on any atom is -0.480 e. The molecule has 1 aliphatic heterocycles. The number of furan rings is 1. The Morgan fingerprint density at radius 1 is 0.455 bits per heavy atom. The van der Waals surface area contributed by atoms with E-state index in [-0.39, 0.29) is 6.10 Å². The maximum absolute atomic E-state index is 6.77. The number of ether oxygens (including phenoxy) is 1. The summed E-state index contributed by atoms with van der Waals surface area (Å²) < 4.78 is 13.1. The highest BCUT2D eigenvalue weighted by Crippen LogP contribution is 2.46. The summed E-state index contributed by atoms with van der Waals surface area (Å²) in [6.07, 6.45) is 0.566. The average Bonchev–Trinajstić information content (AvgIpc) is 3.64. The first-order chi connectivity index (χ1) is 27.2. The molecule has 0 aliphatic carbocycles. The van der Waals surface area contributed by atoms with E-state index in [9.17, 15) is 0 Å². The van der Waals surface area contributed by atoms with Crippen molar-refractivity contribution in [1.29, 1.82) is 0 Å². The molecule has 10 rings (SSSR count). The van der Waals surface area contributed by atoms with Gasteiger partial charge < -0.3 is 14.1 Å². The van der Waals surface area contributed by atoms with Gasteiger partial charge in [-0.25, -0.2) is 0 Å². The molecule has 1 unspecified atom stereocenters. The van der Waals surface area contributed by atoms with Gasteiger partial charge in [0.25, 0.3) is 0 Å². The van der Waals surface area contributed by atoms with E-state index in [4.69, 9.17) is 9.15 Å². The van der Waals surface area contributed by atoms with Crippen molar-refractivity contribution >= 4 is 39.0 Å². The third-order valence-corrected chi connectivity index (χ3v) is 10.7. The molecule has 1 atom stereocenters. The maximum atomic E-state index is 6.77. The number of benzene rings is 8. The van der Waals surface area contributed by atoms with E-state index in [2.05, 4.69) is 200 Å². The van der Waals surface area contributed by atoms with Gasteiger partial charge >= 0.3 is 0 Å². The summed E-state index contributed by atoms with van der Waals surface area (Å²) in [6.45, 7) is 4.39. The summed E-state index contributed by atoms with van der Waals surface area (Å²) in [5.41, 5.74) is 15.3. The molecule has 0 saturated heterocycles. The first kappa shape index (κ1) is 32.5. The molecule has 9 aromatic rings. The van der Waals surface area contributed by atoms with Crippen LogP contribution in [0.15, 0.2) is 211 Å². The SMILES string of the molecule is C=C1Cc2ccc3oc4ccc(-c5ccc(N(c6ccccc6)c6ccc(-c7ccc(-c8ccccc8)cc7)cc6)cc5)cc4c3c2OC1c1ccccc1. The quantitative estimate of drug-likeness (QED) is 0.154. The fourth-order valence-corrected chi connectivity index (χ4v) is 7.92. The van der Waals surface area contributed by atoms with Crippen molar-refractivity contribution in [3.63, 3.8) is 0 Å². The molecule has 1 aliphatic rings. The number of rotatable bonds is 7. The molecule has 0 saturated carbocycles. The summed E-state index contributed by atoms with van der Waals surface area (Å²) >= 11 is 0. The van der Waals surface area contributed by atoms with Crippen molar-refractivity contribution < 1.29 is 9.15 Å². The lowest BCUT2D eigenvalue weighted by atomic mass is 9.92. The van der Waals surface area contributed by atoms with Crippen LogP contribution in [0.25, 0.3) is 55.3 Å². The molecule has 55 heavy (non-hydrogen) atoms. The molecule has 3 heteroatoms. The smallest absolute Gasteiger partial charge is 0.145 e. The van der Waals surface area contributed by atoms with Crippen LogP contribution in [0.5, 0.6) is 5.75 Å². The van der Waals surface area contributed by atoms with E-state index in [0.717, 1.165) is 79.0 Å². The van der Waals surface area contributed by atoms with Crippen LogP contribution < -0.4 is 9.64 Å². The van der Waals surface area contributed by atoms with Crippen LogP contribution in [-0.4, -0.2) is 0 Å². The molecule has 0 amide bonds. The number of fused-ring (bicyclic) bond motifs is 5. The molecule has 2 heterocycles. The molecule has 262 valence electrons. The zero-order valence-corrected chi connectivity index (χ0v) is 30.2. The standard InChI is InChI=1S/C52H37NO2/c1-35-33-43-26-32-49-50(52(43)55-51(35)41-13-7-3-8-14-41)47-34-42(25-31-48(47)54-49)40-23-29-46(30-24-40)53(44-15-9-4-10-16-44)45-27-21-39(22-28-45)38-19-17-37(18-20-38)36-11-5-2-6-12-36/h2-32,34,51H,1,33H2. The molecule has 0 radical (unpaired) electrons. The predicted molar refractivity (Wildman–Crippen MR) is 227 cm³/mol. The second kappa shape index (κ2) is 13.7. The van der Waals surface area contributed by atoms with Crippen LogP contribution in [0.2, 0.25) is 0 Å².